The van der Waals surface area contributed by atoms with Crippen molar-refractivity contribution in [3.63, 3.8) is 0 Å². The summed E-state index contributed by atoms with van der Waals surface area (Å²) in [6.45, 7) is 0.0235. The lowest BCUT2D eigenvalue weighted by Crippen LogP contribution is -2.16. The third kappa shape index (κ3) is 2.41. The predicted molar refractivity (Wildman–Crippen MR) is 86.7 cm³/mol. The van der Waals surface area contributed by atoms with Crippen LogP contribution in [-0.4, -0.2) is 25.6 Å². The second-order valence-corrected chi connectivity index (χ2v) is 5.22. The maximum absolute atomic E-state index is 12.3. The molecule has 0 bridgehead atoms. The van der Waals surface area contributed by atoms with Gasteiger partial charge >= 0.3 is 5.97 Å². The van der Waals surface area contributed by atoms with Crippen LogP contribution in [-0.2, 0) is 11.3 Å². The molecule has 0 aliphatic heterocycles. The fourth-order valence-electron chi connectivity index (χ4n) is 2.53. The number of aromatic amines is 1. The second kappa shape index (κ2) is 5.62. The van der Waals surface area contributed by atoms with Crippen LogP contribution in [0.25, 0.3) is 16.4 Å². The van der Waals surface area contributed by atoms with Crippen molar-refractivity contribution in [1.29, 1.82) is 0 Å². The first-order chi connectivity index (χ1) is 11.7. The van der Waals surface area contributed by atoms with Crippen LogP contribution in [0.15, 0.2) is 59.7 Å². The highest BCUT2D eigenvalue weighted by atomic mass is 16.5. The van der Waals surface area contributed by atoms with Crippen LogP contribution in [0.5, 0.6) is 0 Å². The number of fused-ring (bicyclic) bond motifs is 2. The summed E-state index contributed by atoms with van der Waals surface area (Å²) in [7, 11) is 0. The number of pyridine rings is 1. The summed E-state index contributed by atoms with van der Waals surface area (Å²) in [6, 6.07) is 12.4. The number of carbonyl (C=O) groups excluding carboxylic acids is 1. The van der Waals surface area contributed by atoms with Crippen molar-refractivity contribution in [2.75, 3.05) is 0 Å². The molecule has 7 nitrogen and oxygen atoms in total. The minimum absolute atomic E-state index is 0.0235. The van der Waals surface area contributed by atoms with Gasteiger partial charge in [-0.15, -0.1) is 0 Å². The quantitative estimate of drug-likeness (QED) is 0.583. The van der Waals surface area contributed by atoms with Gasteiger partial charge in [-0.05, 0) is 18.2 Å². The topological polar surface area (TPSA) is 89.3 Å². The van der Waals surface area contributed by atoms with Gasteiger partial charge in [0.1, 0.15) is 12.3 Å². The van der Waals surface area contributed by atoms with Gasteiger partial charge < -0.3 is 9.14 Å². The minimum Gasteiger partial charge on any atom is -0.454 e. The van der Waals surface area contributed by atoms with Crippen molar-refractivity contribution in [3.05, 3.63) is 76.6 Å². The molecule has 4 rings (SSSR count). The minimum atomic E-state index is -0.612. The summed E-state index contributed by atoms with van der Waals surface area (Å²) in [5, 5.41) is 7.00. The molecule has 0 fully saturated rings. The lowest BCUT2D eigenvalue weighted by Gasteiger charge is -2.04. The molecule has 3 heterocycles. The third-order valence-electron chi connectivity index (χ3n) is 3.65. The fraction of sp³-hybridized carbons (Fsp3) is 0.0588. The third-order valence-corrected chi connectivity index (χ3v) is 3.65. The van der Waals surface area contributed by atoms with Crippen LogP contribution in [0.3, 0.4) is 0 Å². The number of carbonyl (C=O) groups is 1. The number of imidazole rings is 1. The van der Waals surface area contributed by atoms with E-state index >= 15 is 0 Å². The molecule has 118 valence electrons. The Balaban J connectivity index is 1.60. The van der Waals surface area contributed by atoms with Crippen molar-refractivity contribution < 1.29 is 9.53 Å². The Bertz CT molecular complexity index is 1080. The first-order valence-electron chi connectivity index (χ1n) is 7.29. The van der Waals surface area contributed by atoms with Gasteiger partial charge in [-0.1, -0.05) is 24.3 Å². The van der Waals surface area contributed by atoms with Crippen molar-refractivity contribution in [2.24, 2.45) is 0 Å². The Morgan fingerprint density at radius 3 is 2.75 bits per heavy atom. The van der Waals surface area contributed by atoms with Crippen LogP contribution in [0.2, 0.25) is 0 Å². The van der Waals surface area contributed by atoms with Crippen LogP contribution < -0.4 is 5.56 Å². The summed E-state index contributed by atoms with van der Waals surface area (Å²) in [5.41, 5.74) is 1.14. The molecule has 3 aromatic heterocycles. The van der Waals surface area contributed by atoms with E-state index in [4.69, 9.17) is 4.74 Å². The van der Waals surface area contributed by atoms with Gasteiger partial charge in [0, 0.05) is 17.8 Å². The molecule has 7 heteroatoms. The number of H-pyrrole nitrogens is 1. The zero-order valence-corrected chi connectivity index (χ0v) is 12.5. The van der Waals surface area contributed by atoms with Gasteiger partial charge in [0.05, 0.1) is 11.1 Å². The Hall–Kier alpha value is -3.48. The van der Waals surface area contributed by atoms with Crippen molar-refractivity contribution >= 4 is 22.4 Å². The highest BCUT2D eigenvalue weighted by molar-refractivity contribution is 6.01. The molecule has 1 aromatic carbocycles. The molecular weight excluding hydrogens is 308 g/mol. The lowest BCUT2D eigenvalue weighted by molar-refractivity contribution is 0.0462. The van der Waals surface area contributed by atoms with E-state index in [9.17, 15) is 9.59 Å². The molecule has 24 heavy (non-hydrogen) atoms. The second-order valence-electron chi connectivity index (χ2n) is 5.22. The Labute approximate surface area is 135 Å². The van der Waals surface area contributed by atoms with Crippen molar-refractivity contribution in [1.82, 2.24) is 19.6 Å². The molecule has 0 radical (unpaired) electrons. The molecule has 0 saturated carbocycles. The first kappa shape index (κ1) is 14.1. The number of rotatable bonds is 3. The van der Waals surface area contributed by atoms with E-state index in [1.165, 1.54) is 0 Å². The van der Waals surface area contributed by atoms with Gasteiger partial charge in [-0.3, -0.25) is 4.79 Å². The lowest BCUT2D eigenvalue weighted by atomic mass is 10.1. The molecule has 0 saturated heterocycles. The van der Waals surface area contributed by atoms with E-state index in [0.29, 0.717) is 16.5 Å². The SMILES string of the molecule is O=C(OCc1cn2ccccc2n1)c1n[nH]c(=O)c2ccccc12. The Morgan fingerprint density at radius 1 is 1.12 bits per heavy atom. The number of nitrogens with one attached hydrogen (secondary N) is 1. The van der Waals surface area contributed by atoms with Gasteiger partial charge in [0.2, 0.25) is 0 Å². The predicted octanol–water partition coefficient (Wildman–Crippen LogP) is 1.93. The number of nitrogens with zero attached hydrogens (tertiary/aromatic N) is 3. The van der Waals surface area contributed by atoms with E-state index in [2.05, 4.69) is 15.2 Å². The number of esters is 1. The highest BCUT2D eigenvalue weighted by Crippen LogP contribution is 2.14. The summed E-state index contributed by atoms with van der Waals surface area (Å²) in [5.74, 6) is -0.612. The summed E-state index contributed by atoms with van der Waals surface area (Å²) in [4.78, 5) is 28.4. The summed E-state index contributed by atoms with van der Waals surface area (Å²) >= 11 is 0. The van der Waals surface area contributed by atoms with Crippen LogP contribution in [0.4, 0.5) is 0 Å². The molecule has 0 aliphatic rings. The maximum Gasteiger partial charge on any atom is 0.359 e. The number of benzene rings is 1. The highest BCUT2D eigenvalue weighted by Gasteiger charge is 2.16. The van der Waals surface area contributed by atoms with Gasteiger partial charge in [-0.2, -0.15) is 5.10 Å². The first-order valence-corrected chi connectivity index (χ1v) is 7.29. The zero-order valence-electron chi connectivity index (χ0n) is 12.5. The van der Waals surface area contributed by atoms with E-state index < -0.39 is 5.97 Å². The number of ether oxygens (including phenoxy) is 1. The normalized spacial score (nSPS) is 11.0. The molecule has 0 amide bonds. The van der Waals surface area contributed by atoms with E-state index in [-0.39, 0.29) is 17.9 Å². The fourth-order valence-corrected chi connectivity index (χ4v) is 2.53. The molecule has 0 aliphatic carbocycles. The maximum atomic E-state index is 12.3. The standard InChI is InChI=1S/C17H12N4O3/c22-16-13-6-2-1-5-12(13)15(19-20-16)17(23)24-10-11-9-21-8-4-3-7-14(21)18-11/h1-9H,10H2,(H,20,22). The molecule has 4 aromatic rings. The van der Waals surface area contributed by atoms with Gasteiger partial charge in [0.25, 0.3) is 5.56 Å². The van der Waals surface area contributed by atoms with Gasteiger partial charge in [-0.25, -0.2) is 14.9 Å². The average Bonchev–Trinajstić information content (AvgIpc) is 3.03. The molecule has 0 spiro atoms. The molecule has 0 atom stereocenters. The van der Waals surface area contributed by atoms with Crippen LogP contribution in [0.1, 0.15) is 16.2 Å². The van der Waals surface area contributed by atoms with Crippen LogP contribution in [0, 0.1) is 0 Å². The largest absolute Gasteiger partial charge is 0.454 e. The smallest absolute Gasteiger partial charge is 0.359 e. The van der Waals surface area contributed by atoms with Crippen molar-refractivity contribution in [2.45, 2.75) is 6.61 Å². The number of aromatic nitrogens is 4. The number of hydrogen-bond acceptors (Lipinski definition) is 5. The zero-order chi connectivity index (χ0) is 16.5. The number of hydrogen-bond donors (Lipinski definition) is 1. The molecular formula is C17H12N4O3. The van der Waals surface area contributed by atoms with E-state index in [1.54, 1.807) is 30.5 Å². The average molecular weight is 320 g/mol. The van der Waals surface area contributed by atoms with E-state index in [0.717, 1.165) is 5.65 Å². The van der Waals surface area contributed by atoms with E-state index in [1.807, 2.05) is 28.8 Å². The van der Waals surface area contributed by atoms with Gasteiger partial charge in [0.15, 0.2) is 5.69 Å². The molecule has 0 unspecified atom stereocenters. The molecule has 1 N–H and O–H groups in total. The van der Waals surface area contributed by atoms with Crippen molar-refractivity contribution in [3.8, 4) is 0 Å². The monoisotopic (exact) mass is 320 g/mol. The summed E-state index contributed by atoms with van der Waals surface area (Å²) in [6.07, 6.45) is 3.66. The Morgan fingerprint density at radius 2 is 1.92 bits per heavy atom. The Kier molecular flexibility index (Phi) is 3.31. The van der Waals surface area contributed by atoms with Crippen LogP contribution >= 0.6 is 0 Å². The summed E-state index contributed by atoms with van der Waals surface area (Å²) < 4.78 is 7.14.